The van der Waals surface area contributed by atoms with Crippen LogP contribution in [-0.4, -0.2) is 17.3 Å². The quantitative estimate of drug-likeness (QED) is 0.619. The van der Waals surface area contributed by atoms with Gasteiger partial charge in [0.1, 0.15) is 5.78 Å². The van der Waals surface area contributed by atoms with Crippen molar-refractivity contribution in [2.45, 2.75) is 31.9 Å². The largest absolute Gasteiger partial charge is 0.298 e. The molecule has 2 bridgehead atoms. The van der Waals surface area contributed by atoms with Crippen molar-refractivity contribution in [3.05, 3.63) is 12.2 Å². The maximum absolute atomic E-state index is 12.1. The van der Waals surface area contributed by atoms with Crippen LogP contribution in [0, 0.1) is 17.3 Å². The Morgan fingerprint density at radius 1 is 1.50 bits per heavy atom. The molecule has 0 radical (unpaired) electrons. The number of hydrogen-bond donors (Lipinski definition) is 0. The van der Waals surface area contributed by atoms with Crippen LogP contribution in [0.5, 0.6) is 0 Å². The average molecular weight is 210 g/mol. The second-order valence-corrected chi connectivity index (χ2v) is 6.09. The highest BCUT2D eigenvalue weighted by Crippen LogP contribution is 2.57. The Kier molecular flexibility index (Phi) is 2.30. The topological polar surface area (TPSA) is 17.1 Å². The van der Waals surface area contributed by atoms with Gasteiger partial charge in [-0.2, -0.15) is 11.8 Å². The summed E-state index contributed by atoms with van der Waals surface area (Å²) in [4.78, 5) is 12.1. The molecular weight excluding hydrogens is 192 g/mol. The second kappa shape index (κ2) is 3.13. The first kappa shape index (κ1) is 10.3. The summed E-state index contributed by atoms with van der Waals surface area (Å²) in [6, 6.07) is 0. The number of hydrogen-bond acceptors (Lipinski definition) is 2. The van der Waals surface area contributed by atoms with E-state index >= 15 is 0 Å². The second-order valence-electron chi connectivity index (χ2n) is 5.11. The molecular formula is C12H18OS. The average Bonchev–Trinajstić information content (AvgIpc) is 2.22. The fraction of sp³-hybridized carbons (Fsp3) is 0.750. The van der Waals surface area contributed by atoms with E-state index in [4.69, 9.17) is 0 Å². The van der Waals surface area contributed by atoms with E-state index in [0.29, 0.717) is 11.7 Å². The Bertz CT molecular complexity index is 293. The smallest absolute Gasteiger partial charge is 0.150 e. The van der Waals surface area contributed by atoms with Crippen LogP contribution in [0.25, 0.3) is 0 Å². The summed E-state index contributed by atoms with van der Waals surface area (Å²) in [5.41, 5.74) is 1.46. The molecule has 14 heavy (non-hydrogen) atoms. The molecule has 0 amide bonds. The molecule has 3 atom stereocenters. The van der Waals surface area contributed by atoms with E-state index in [-0.39, 0.29) is 16.6 Å². The van der Waals surface area contributed by atoms with Crippen LogP contribution < -0.4 is 0 Å². The van der Waals surface area contributed by atoms with Gasteiger partial charge in [0.15, 0.2) is 0 Å². The summed E-state index contributed by atoms with van der Waals surface area (Å²) in [6.07, 6.45) is 4.13. The third kappa shape index (κ3) is 1.13. The van der Waals surface area contributed by atoms with Gasteiger partial charge in [-0.15, -0.1) is 0 Å². The Labute approximate surface area is 90.3 Å². The lowest BCUT2D eigenvalue weighted by Crippen LogP contribution is -2.32. The van der Waals surface area contributed by atoms with Gasteiger partial charge in [0.05, 0.1) is 5.25 Å². The maximum atomic E-state index is 12.1. The number of Topliss-reactive ketones (excluding diaryl/α,β-unsaturated/α-hetero) is 1. The Balaban J connectivity index is 2.44. The summed E-state index contributed by atoms with van der Waals surface area (Å²) in [6.45, 7) is 8.63. The summed E-state index contributed by atoms with van der Waals surface area (Å²) in [7, 11) is 0. The van der Waals surface area contributed by atoms with Crippen molar-refractivity contribution in [3.8, 4) is 0 Å². The SMILES string of the molecule is C=C1CCC2C(=O)C(SC)C1C2(C)C. The van der Waals surface area contributed by atoms with E-state index in [2.05, 4.69) is 20.4 Å². The predicted octanol–water partition coefficient (Wildman–Crippen LogP) is 2.91. The van der Waals surface area contributed by atoms with Gasteiger partial charge in [-0.25, -0.2) is 0 Å². The molecule has 0 aromatic carbocycles. The van der Waals surface area contributed by atoms with Crippen LogP contribution in [0.2, 0.25) is 0 Å². The van der Waals surface area contributed by atoms with Crippen molar-refractivity contribution in [3.63, 3.8) is 0 Å². The highest BCUT2D eigenvalue weighted by molar-refractivity contribution is 8.00. The number of allylic oxidation sites excluding steroid dienone is 1. The Hall–Kier alpha value is -0.240. The van der Waals surface area contributed by atoms with E-state index in [1.165, 1.54) is 5.57 Å². The van der Waals surface area contributed by atoms with Gasteiger partial charge in [-0.1, -0.05) is 26.0 Å². The molecule has 2 rings (SSSR count). The monoisotopic (exact) mass is 210 g/mol. The zero-order valence-electron chi connectivity index (χ0n) is 9.17. The number of fused-ring (bicyclic) bond motifs is 2. The van der Waals surface area contributed by atoms with Gasteiger partial charge in [-0.3, -0.25) is 4.79 Å². The van der Waals surface area contributed by atoms with Crippen LogP contribution in [-0.2, 0) is 4.79 Å². The van der Waals surface area contributed by atoms with Gasteiger partial charge in [0, 0.05) is 11.8 Å². The molecule has 0 saturated heterocycles. The van der Waals surface area contributed by atoms with Crippen LogP contribution in [0.1, 0.15) is 26.7 Å². The molecule has 0 N–H and O–H groups in total. The summed E-state index contributed by atoms with van der Waals surface area (Å²) >= 11 is 1.71. The minimum Gasteiger partial charge on any atom is -0.298 e. The summed E-state index contributed by atoms with van der Waals surface area (Å²) < 4.78 is 0. The van der Waals surface area contributed by atoms with Crippen LogP contribution >= 0.6 is 11.8 Å². The van der Waals surface area contributed by atoms with Crippen molar-refractivity contribution < 1.29 is 4.79 Å². The normalized spacial score (nSPS) is 40.4. The van der Waals surface area contributed by atoms with Crippen molar-refractivity contribution in [1.29, 1.82) is 0 Å². The van der Waals surface area contributed by atoms with Crippen LogP contribution in [0.3, 0.4) is 0 Å². The fourth-order valence-electron chi connectivity index (χ4n) is 3.33. The highest BCUT2D eigenvalue weighted by Gasteiger charge is 2.57. The molecule has 1 nitrogen and oxygen atoms in total. The first-order valence-corrected chi connectivity index (χ1v) is 6.53. The lowest BCUT2D eigenvalue weighted by molar-refractivity contribution is -0.121. The molecule has 2 aliphatic carbocycles. The lowest BCUT2D eigenvalue weighted by atomic mass is 9.66. The summed E-state index contributed by atoms with van der Waals surface area (Å²) in [5.74, 6) is 1.19. The Morgan fingerprint density at radius 2 is 2.14 bits per heavy atom. The van der Waals surface area contributed by atoms with Crippen molar-refractivity contribution in [2.75, 3.05) is 6.26 Å². The van der Waals surface area contributed by atoms with Gasteiger partial charge < -0.3 is 0 Å². The number of rotatable bonds is 1. The van der Waals surface area contributed by atoms with E-state index in [9.17, 15) is 4.79 Å². The van der Waals surface area contributed by atoms with Gasteiger partial charge in [0.2, 0.25) is 0 Å². The number of thioether (sulfide) groups is 1. The molecule has 0 spiro atoms. The zero-order chi connectivity index (χ0) is 10.5. The standard InChI is InChI=1S/C12H18OS/c1-7-5-6-8-10(13)11(14-4)9(7)12(8,2)3/h8-9,11H,1,5-6H2,2-4H3. The van der Waals surface area contributed by atoms with E-state index in [1.807, 2.05) is 6.26 Å². The lowest BCUT2D eigenvalue weighted by Gasteiger charge is -2.38. The molecule has 2 heteroatoms. The fourth-order valence-corrected chi connectivity index (χ4v) is 4.54. The van der Waals surface area contributed by atoms with Crippen LogP contribution in [0.15, 0.2) is 12.2 Å². The molecule has 78 valence electrons. The van der Waals surface area contributed by atoms with Gasteiger partial charge in [0.25, 0.3) is 0 Å². The Morgan fingerprint density at radius 3 is 2.71 bits per heavy atom. The molecule has 0 aromatic rings. The first-order valence-electron chi connectivity index (χ1n) is 5.24. The first-order chi connectivity index (χ1) is 6.50. The van der Waals surface area contributed by atoms with Gasteiger partial charge >= 0.3 is 0 Å². The minimum atomic E-state index is 0.153. The third-order valence-electron chi connectivity index (χ3n) is 4.07. The van der Waals surface area contributed by atoms with Crippen molar-refractivity contribution in [2.24, 2.45) is 17.3 Å². The predicted molar refractivity (Wildman–Crippen MR) is 61.4 cm³/mol. The molecule has 2 saturated carbocycles. The van der Waals surface area contributed by atoms with Crippen LogP contribution in [0.4, 0.5) is 0 Å². The molecule has 3 unspecified atom stereocenters. The molecule has 0 aromatic heterocycles. The molecule has 2 fully saturated rings. The number of ketones is 1. The molecule has 0 heterocycles. The van der Waals surface area contributed by atoms with E-state index in [0.717, 1.165) is 12.8 Å². The minimum absolute atomic E-state index is 0.153. The molecule has 2 aliphatic rings. The van der Waals surface area contributed by atoms with E-state index < -0.39 is 0 Å². The third-order valence-corrected chi connectivity index (χ3v) is 5.09. The summed E-state index contributed by atoms with van der Waals surface area (Å²) in [5, 5.41) is 0.185. The maximum Gasteiger partial charge on any atom is 0.150 e. The number of carbonyl (C=O) groups excluding carboxylic acids is 1. The van der Waals surface area contributed by atoms with E-state index in [1.54, 1.807) is 11.8 Å². The highest BCUT2D eigenvalue weighted by atomic mass is 32.2. The number of carbonyl (C=O) groups is 1. The zero-order valence-corrected chi connectivity index (χ0v) is 9.99. The molecule has 0 aliphatic heterocycles. The van der Waals surface area contributed by atoms with Gasteiger partial charge in [-0.05, 0) is 24.5 Å². The van der Waals surface area contributed by atoms with Crippen molar-refractivity contribution in [1.82, 2.24) is 0 Å². The van der Waals surface area contributed by atoms with Crippen molar-refractivity contribution >= 4 is 17.5 Å².